The van der Waals surface area contributed by atoms with Crippen molar-refractivity contribution < 1.29 is 17.9 Å². The number of hydrogen-bond donors (Lipinski definition) is 0. The van der Waals surface area contributed by atoms with Gasteiger partial charge in [-0.25, -0.2) is 8.42 Å². The largest absolute Gasteiger partial charge is 0.497 e. The second kappa shape index (κ2) is 8.19. The molecule has 0 aromatic heterocycles. The molecule has 138 valence electrons. The summed E-state index contributed by atoms with van der Waals surface area (Å²) in [7, 11) is 0.0825. The maximum absolute atomic E-state index is 12.4. The molecular weight excluding hydrogens is 350 g/mol. The molecule has 0 aliphatic rings. The lowest BCUT2D eigenvalue weighted by Gasteiger charge is -2.24. The Hall–Kier alpha value is -2.60. The number of hydrogen-bond acceptors (Lipinski definition) is 4. The average Bonchev–Trinajstić information content (AvgIpc) is 2.64. The molecule has 2 rings (SSSR count). The van der Waals surface area contributed by atoms with E-state index in [0.29, 0.717) is 0 Å². The van der Waals surface area contributed by atoms with Crippen LogP contribution in [0.1, 0.15) is 24.1 Å². The summed E-state index contributed by atoms with van der Waals surface area (Å²) in [6, 6.07) is 13.8. The Morgan fingerprint density at radius 2 is 1.81 bits per heavy atom. The van der Waals surface area contributed by atoms with E-state index < -0.39 is 9.84 Å². The van der Waals surface area contributed by atoms with Crippen molar-refractivity contribution in [1.29, 1.82) is 0 Å². The van der Waals surface area contributed by atoms with Crippen LogP contribution in [0.5, 0.6) is 5.75 Å². The molecule has 5 nitrogen and oxygen atoms in total. The average molecular weight is 373 g/mol. The monoisotopic (exact) mass is 373 g/mol. The minimum absolute atomic E-state index is 0.146. The fourth-order valence-corrected chi connectivity index (χ4v) is 3.07. The number of amides is 1. The fourth-order valence-electron chi connectivity index (χ4n) is 2.44. The van der Waals surface area contributed by atoms with E-state index in [1.54, 1.807) is 49.4 Å². The molecule has 0 saturated heterocycles. The van der Waals surface area contributed by atoms with Crippen LogP contribution in [-0.2, 0) is 14.6 Å². The highest BCUT2D eigenvalue weighted by Gasteiger charge is 2.16. The van der Waals surface area contributed by atoms with Gasteiger partial charge in [0.15, 0.2) is 9.84 Å². The predicted molar refractivity (Wildman–Crippen MR) is 103 cm³/mol. The zero-order chi connectivity index (χ0) is 19.3. The number of carbonyl (C=O) groups excluding carboxylic acids is 1. The lowest BCUT2D eigenvalue weighted by Crippen LogP contribution is -2.28. The molecule has 26 heavy (non-hydrogen) atoms. The van der Waals surface area contributed by atoms with Gasteiger partial charge in [-0.1, -0.05) is 24.3 Å². The SMILES string of the molecule is COc1cccc(/C=C/C(=O)N(C)C(C)c2ccc(S(C)(=O)=O)cc2)c1. The van der Waals surface area contributed by atoms with E-state index in [0.717, 1.165) is 16.9 Å². The van der Waals surface area contributed by atoms with E-state index in [2.05, 4.69) is 0 Å². The summed E-state index contributed by atoms with van der Waals surface area (Å²) >= 11 is 0. The molecule has 0 aliphatic heterocycles. The summed E-state index contributed by atoms with van der Waals surface area (Å²) in [5, 5.41) is 0. The van der Waals surface area contributed by atoms with E-state index >= 15 is 0 Å². The normalized spacial score (nSPS) is 12.8. The van der Waals surface area contributed by atoms with Gasteiger partial charge in [-0.2, -0.15) is 0 Å². The fraction of sp³-hybridized carbons (Fsp3) is 0.250. The summed E-state index contributed by atoms with van der Waals surface area (Å²) in [5.74, 6) is 0.583. The molecule has 1 atom stereocenters. The van der Waals surface area contributed by atoms with Gasteiger partial charge in [0.05, 0.1) is 18.0 Å². The summed E-state index contributed by atoms with van der Waals surface area (Å²) in [5.41, 5.74) is 1.74. The van der Waals surface area contributed by atoms with E-state index in [1.807, 2.05) is 31.2 Å². The maximum Gasteiger partial charge on any atom is 0.246 e. The van der Waals surface area contributed by atoms with Crippen LogP contribution in [0.25, 0.3) is 6.08 Å². The molecule has 1 unspecified atom stereocenters. The zero-order valence-electron chi connectivity index (χ0n) is 15.3. The van der Waals surface area contributed by atoms with Gasteiger partial charge in [-0.15, -0.1) is 0 Å². The number of carbonyl (C=O) groups is 1. The highest BCUT2D eigenvalue weighted by molar-refractivity contribution is 7.90. The van der Waals surface area contributed by atoms with Gasteiger partial charge in [0, 0.05) is 19.4 Å². The molecule has 2 aromatic rings. The molecule has 6 heteroatoms. The standard InChI is InChI=1S/C20H23NO4S/c1-15(17-9-11-19(12-10-17)26(4,23)24)21(2)20(22)13-8-16-6-5-7-18(14-16)25-3/h5-15H,1-4H3/b13-8+. The van der Waals surface area contributed by atoms with Gasteiger partial charge in [0.2, 0.25) is 5.91 Å². The first-order valence-corrected chi connectivity index (χ1v) is 10.0. The number of benzene rings is 2. The Morgan fingerprint density at radius 1 is 1.15 bits per heavy atom. The van der Waals surface area contributed by atoms with Crippen LogP contribution in [-0.4, -0.2) is 39.6 Å². The molecule has 2 aromatic carbocycles. The minimum Gasteiger partial charge on any atom is -0.497 e. The summed E-state index contributed by atoms with van der Waals surface area (Å²) in [6.45, 7) is 1.90. The molecule has 0 bridgehead atoms. The van der Waals surface area contributed by atoms with Crippen LogP contribution in [0.4, 0.5) is 0 Å². The van der Waals surface area contributed by atoms with Gasteiger partial charge in [0.25, 0.3) is 0 Å². The van der Waals surface area contributed by atoms with Crippen molar-refractivity contribution in [3.05, 3.63) is 65.7 Å². The summed E-state index contributed by atoms with van der Waals surface area (Å²) in [4.78, 5) is 14.3. The number of methoxy groups -OCH3 is 1. The van der Waals surface area contributed by atoms with Crippen LogP contribution >= 0.6 is 0 Å². The van der Waals surface area contributed by atoms with Gasteiger partial charge in [-0.3, -0.25) is 4.79 Å². The molecule has 0 fully saturated rings. The second-order valence-corrected chi connectivity index (χ2v) is 8.09. The molecular formula is C20H23NO4S. The summed E-state index contributed by atoms with van der Waals surface area (Å²) < 4.78 is 28.2. The third kappa shape index (κ3) is 4.95. The predicted octanol–water partition coefficient (Wildman–Crippen LogP) is 3.33. The van der Waals surface area contributed by atoms with Gasteiger partial charge < -0.3 is 9.64 Å². The Bertz CT molecular complexity index is 902. The molecule has 0 N–H and O–H groups in total. The van der Waals surface area contributed by atoms with Crippen LogP contribution in [0.15, 0.2) is 59.5 Å². The molecule has 0 heterocycles. The third-order valence-corrected chi connectivity index (χ3v) is 5.36. The Labute approximate surface area is 154 Å². The van der Waals surface area contributed by atoms with Crippen molar-refractivity contribution in [1.82, 2.24) is 4.90 Å². The van der Waals surface area contributed by atoms with Crippen molar-refractivity contribution in [2.75, 3.05) is 20.4 Å². The third-order valence-electron chi connectivity index (χ3n) is 4.23. The Morgan fingerprint density at radius 3 is 2.38 bits per heavy atom. The van der Waals surface area contributed by atoms with Gasteiger partial charge in [-0.05, 0) is 48.4 Å². The molecule has 0 saturated carbocycles. The number of likely N-dealkylation sites (N-methyl/N-ethyl adjacent to an activating group) is 1. The minimum atomic E-state index is -3.23. The highest BCUT2D eigenvalue weighted by atomic mass is 32.2. The Balaban J connectivity index is 2.10. The van der Waals surface area contributed by atoms with E-state index in [4.69, 9.17) is 4.74 Å². The van der Waals surface area contributed by atoms with Crippen LogP contribution in [0.2, 0.25) is 0 Å². The first-order chi connectivity index (χ1) is 12.2. The van der Waals surface area contributed by atoms with Crippen molar-refractivity contribution in [2.24, 2.45) is 0 Å². The van der Waals surface area contributed by atoms with Crippen molar-refractivity contribution in [3.63, 3.8) is 0 Å². The molecule has 0 aliphatic carbocycles. The van der Waals surface area contributed by atoms with Crippen LogP contribution in [0, 0.1) is 0 Å². The number of ether oxygens (including phenoxy) is 1. The van der Waals surface area contributed by atoms with E-state index in [1.165, 1.54) is 12.3 Å². The number of nitrogens with zero attached hydrogens (tertiary/aromatic N) is 1. The van der Waals surface area contributed by atoms with Gasteiger partial charge in [0.1, 0.15) is 5.75 Å². The topological polar surface area (TPSA) is 63.7 Å². The number of rotatable bonds is 6. The smallest absolute Gasteiger partial charge is 0.246 e. The lowest BCUT2D eigenvalue weighted by atomic mass is 10.1. The zero-order valence-corrected chi connectivity index (χ0v) is 16.2. The maximum atomic E-state index is 12.4. The first-order valence-electron chi connectivity index (χ1n) is 8.11. The second-order valence-electron chi connectivity index (χ2n) is 6.08. The number of sulfone groups is 1. The first kappa shape index (κ1) is 19.7. The highest BCUT2D eigenvalue weighted by Crippen LogP contribution is 2.21. The molecule has 1 amide bonds. The molecule has 0 spiro atoms. The summed E-state index contributed by atoms with van der Waals surface area (Å²) in [6.07, 6.45) is 4.42. The van der Waals surface area contributed by atoms with Crippen molar-refractivity contribution in [3.8, 4) is 5.75 Å². The van der Waals surface area contributed by atoms with Crippen molar-refractivity contribution in [2.45, 2.75) is 17.9 Å². The van der Waals surface area contributed by atoms with E-state index in [9.17, 15) is 13.2 Å². The van der Waals surface area contributed by atoms with Crippen molar-refractivity contribution >= 4 is 21.8 Å². The van der Waals surface area contributed by atoms with Gasteiger partial charge >= 0.3 is 0 Å². The van der Waals surface area contributed by atoms with E-state index in [-0.39, 0.29) is 16.8 Å². The quantitative estimate of drug-likeness (QED) is 0.729. The molecule has 0 radical (unpaired) electrons. The van der Waals surface area contributed by atoms with Crippen LogP contribution in [0.3, 0.4) is 0 Å². The Kier molecular flexibility index (Phi) is 6.21. The van der Waals surface area contributed by atoms with Crippen LogP contribution < -0.4 is 4.74 Å². The lowest BCUT2D eigenvalue weighted by molar-refractivity contribution is -0.126.